The fourth-order valence-electron chi connectivity index (χ4n) is 3.18. The average molecular weight is 401 g/mol. The van der Waals surface area contributed by atoms with Gasteiger partial charge in [-0.2, -0.15) is 10.4 Å². The van der Waals surface area contributed by atoms with Crippen molar-refractivity contribution in [3.63, 3.8) is 0 Å². The number of amides is 1. The zero-order valence-electron chi connectivity index (χ0n) is 15.5. The summed E-state index contributed by atoms with van der Waals surface area (Å²) >= 11 is 6.20. The lowest BCUT2D eigenvalue weighted by Crippen LogP contribution is -2.47. The van der Waals surface area contributed by atoms with Crippen LogP contribution >= 0.6 is 11.6 Å². The van der Waals surface area contributed by atoms with E-state index in [0.29, 0.717) is 22.7 Å². The Labute approximate surface area is 167 Å². The summed E-state index contributed by atoms with van der Waals surface area (Å²) in [5.74, 6) is -0.335. The Balaban J connectivity index is 1.75. The number of benzene rings is 1. The van der Waals surface area contributed by atoms with Gasteiger partial charge in [-0.25, -0.2) is 5.43 Å². The number of rotatable bonds is 6. The quantitative estimate of drug-likeness (QED) is 0.505. The summed E-state index contributed by atoms with van der Waals surface area (Å²) in [6, 6.07) is 8.63. The number of nitrogens with one attached hydrogen (secondary N) is 4. The molecule has 3 rings (SSSR count). The lowest BCUT2D eigenvalue weighted by molar-refractivity contribution is 0.0928. The van der Waals surface area contributed by atoms with Crippen molar-refractivity contribution in [1.82, 2.24) is 26.4 Å². The molecule has 5 N–H and O–H groups in total. The van der Waals surface area contributed by atoms with Crippen molar-refractivity contribution in [1.29, 1.82) is 5.26 Å². The van der Waals surface area contributed by atoms with Crippen LogP contribution in [0.4, 0.5) is 0 Å². The van der Waals surface area contributed by atoms with Crippen LogP contribution in [0.15, 0.2) is 36.5 Å². The monoisotopic (exact) mass is 400 g/mol. The maximum Gasteiger partial charge on any atom is 0.271 e. The molecule has 146 valence electrons. The Morgan fingerprint density at radius 1 is 1.43 bits per heavy atom. The van der Waals surface area contributed by atoms with Gasteiger partial charge in [0.05, 0.1) is 27.9 Å². The number of nitrogens with zero attached hydrogens (tertiary/aromatic N) is 2. The number of hydrogen-bond donors (Lipinski definition) is 5. The molecule has 1 aromatic heterocycles. The molecule has 8 nitrogen and oxygen atoms in total. The molecule has 2 heterocycles. The van der Waals surface area contributed by atoms with Gasteiger partial charge in [-0.1, -0.05) is 17.7 Å². The fraction of sp³-hybridized carbons (Fsp3) is 0.316. The van der Waals surface area contributed by atoms with Gasteiger partial charge in [-0.15, -0.1) is 0 Å². The number of carbonyl (C=O) groups is 1. The van der Waals surface area contributed by atoms with E-state index in [4.69, 9.17) is 16.9 Å². The minimum Gasteiger partial charge on any atom is -0.387 e. The van der Waals surface area contributed by atoms with Crippen LogP contribution in [0.25, 0.3) is 0 Å². The summed E-state index contributed by atoms with van der Waals surface area (Å²) < 4.78 is 0. The van der Waals surface area contributed by atoms with Crippen LogP contribution in [-0.4, -0.2) is 27.3 Å². The third-order valence-electron chi connectivity index (χ3n) is 4.64. The number of halogens is 1. The molecule has 1 aliphatic rings. The molecule has 0 aliphatic carbocycles. The number of aliphatic hydroxyl groups excluding tert-OH is 1. The van der Waals surface area contributed by atoms with E-state index in [0.717, 1.165) is 5.56 Å². The average Bonchev–Trinajstić information content (AvgIpc) is 3.32. The number of hydrogen-bond acceptors (Lipinski definition) is 6. The highest BCUT2D eigenvalue weighted by Gasteiger charge is 2.34. The molecule has 1 aliphatic heterocycles. The first-order valence-corrected chi connectivity index (χ1v) is 9.17. The van der Waals surface area contributed by atoms with Crippen LogP contribution in [-0.2, 0) is 5.54 Å². The standard InChI is InChI=1S/C19H21ClN6O2/c1-11(23-18(28)17-8-16(12(2)27)24-25-17)9-19(5-6-22-26-19)14-4-3-13(10-21)15(20)7-14/h3-8,11-12,22,26-27H,9H2,1-2H3,(H,23,28)(H,24,25). The molecule has 3 atom stereocenters. The third kappa shape index (κ3) is 4.02. The highest BCUT2D eigenvalue weighted by atomic mass is 35.5. The number of aliphatic hydroxyl groups is 1. The molecule has 0 bridgehead atoms. The Hall–Kier alpha value is -2.86. The smallest absolute Gasteiger partial charge is 0.271 e. The molecular weight excluding hydrogens is 380 g/mol. The summed E-state index contributed by atoms with van der Waals surface area (Å²) in [5, 5.41) is 28.5. The minimum atomic E-state index is -0.727. The van der Waals surface area contributed by atoms with Crippen LogP contribution < -0.4 is 16.2 Å². The third-order valence-corrected chi connectivity index (χ3v) is 4.95. The Kier molecular flexibility index (Phi) is 5.70. The molecule has 2 aromatic rings. The van der Waals surface area contributed by atoms with E-state index < -0.39 is 11.6 Å². The molecule has 1 aromatic carbocycles. The van der Waals surface area contributed by atoms with Crippen molar-refractivity contribution < 1.29 is 9.90 Å². The first-order chi connectivity index (χ1) is 13.3. The molecule has 0 saturated carbocycles. The first kappa shape index (κ1) is 19.9. The van der Waals surface area contributed by atoms with E-state index in [9.17, 15) is 9.90 Å². The molecule has 0 fully saturated rings. The van der Waals surface area contributed by atoms with Crippen LogP contribution in [0.2, 0.25) is 5.02 Å². The SMILES string of the molecule is CC(CC1(c2ccc(C#N)c(Cl)c2)C=CNN1)NC(=O)c1cc(C(C)O)[nH]n1. The molecule has 28 heavy (non-hydrogen) atoms. The lowest BCUT2D eigenvalue weighted by Gasteiger charge is -2.31. The zero-order chi connectivity index (χ0) is 20.3. The van der Waals surface area contributed by atoms with Crippen LogP contribution in [0.1, 0.15) is 53.7 Å². The van der Waals surface area contributed by atoms with Gasteiger partial charge in [-0.05, 0) is 50.1 Å². The number of aromatic amines is 1. The zero-order valence-corrected chi connectivity index (χ0v) is 16.2. The molecule has 0 saturated heterocycles. The van der Waals surface area contributed by atoms with Gasteiger partial charge in [0, 0.05) is 12.2 Å². The molecule has 0 spiro atoms. The van der Waals surface area contributed by atoms with E-state index in [1.807, 2.05) is 25.1 Å². The second-order valence-electron chi connectivity index (χ2n) is 6.84. The molecule has 1 amide bonds. The van der Waals surface area contributed by atoms with Crippen molar-refractivity contribution in [3.05, 3.63) is 64.1 Å². The summed E-state index contributed by atoms with van der Waals surface area (Å²) in [7, 11) is 0. The van der Waals surface area contributed by atoms with Gasteiger partial charge in [0.2, 0.25) is 0 Å². The highest BCUT2D eigenvalue weighted by molar-refractivity contribution is 6.31. The summed E-state index contributed by atoms with van der Waals surface area (Å²) in [5.41, 5.74) is 7.55. The first-order valence-electron chi connectivity index (χ1n) is 8.79. The van der Waals surface area contributed by atoms with Gasteiger partial charge in [0.25, 0.3) is 5.91 Å². The number of H-pyrrole nitrogens is 1. The van der Waals surface area contributed by atoms with Crippen LogP contribution in [0, 0.1) is 11.3 Å². The number of nitriles is 1. The predicted molar refractivity (Wildman–Crippen MR) is 104 cm³/mol. The maximum absolute atomic E-state index is 12.5. The Bertz CT molecular complexity index is 948. The fourth-order valence-corrected chi connectivity index (χ4v) is 3.41. The van der Waals surface area contributed by atoms with Crippen molar-refractivity contribution in [2.24, 2.45) is 0 Å². The van der Waals surface area contributed by atoms with E-state index in [2.05, 4.69) is 26.4 Å². The van der Waals surface area contributed by atoms with Crippen molar-refractivity contribution in [3.8, 4) is 6.07 Å². The van der Waals surface area contributed by atoms with Crippen LogP contribution in [0.3, 0.4) is 0 Å². The highest BCUT2D eigenvalue weighted by Crippen LogP contribution is 2.32. The van der Waals surface area contributed by atoms with Gasteiger partial charge < -0.3 is 15.8 Å². The van der Waals surface area contributed by atoms with Crippen molar-refractivity contribution in [2.45, 2.75) is 38.0 Å². The lowest BCUT2D eigenvalue weighted by atomic mass is 9.84. The van der Waals surface area contributed by atoms with E-state index >= 15 is 0 Å². The second-order valence-corrected chi connectivity index (χ2v) is 7.25. The van der Waals surface area contributed by atoms with Gasteiger partial charge in [0.15, 0.2) is 0 Å². The number of aromatic nitrogens is 2. The van der Waals surface area contributed by atoms with Gasteiger partial charge >= 0.3 is 0 Å². The van der Waals surface area contributed by atoms with Crippen LogP contribution in [0.5, 0.6) is 0 Å². The van der Waals surface area contributed by atoms with Gasteiger partial charge in [-0.3, -0.25) is 9.89 Å². The van der Waals surface area contributed by atoms with E-state index in [1.54, 1.807) is 25.3 Å². The normalized spacial score (nSPS) is 20.2. The topological polar surface area (TPSA) is 126 Å². The molecule has 0 radical (unpaired) electrons. The molecule has 3 unspecified atom stereocenters. The summed E-state index contributed by atoms with van der Waals surface area (Å²) in [4.78, 5) is 12.5. The van der Waals surface area contributed by atoms with Gasteiger partial charge in [0.1, 0.15) is 11.8 Å². The minimum absolute atomic E-state index is 0.214. The van der Waals surface area contributed by atoms with Crippen molar-refractivity contribution >= 4 is 17.5 Å². The maximum atomic E-state index is 12.5. The molecule has 9 heteroatoms. The second kappa shape index (κ2) is 8.02. The number of hydrazine groups is 1. The Morgan fingerprint density at radius 3 is 2.79 bits per heavy atom. The van der Waals surface area contributed by atoms with E-state index in [-0.39, 0.29) is 17.6 Å². The summed E-state index contributed by atoms with van der Waals surface area (Å²) in [6.45, 7) is 3.48. The molecular formula is C19H21ClN6O2. The summed E-state index contributed by atoms with van der Waals surface area (Å²) in [6.07, 6.45) is 3.53. The van der Waals surface area contributed by atoms with E-state index in [1.165, 1.54) is 6.07 Å². The number of carbonyl (C=O) groups excluding carboxylic acids is 1. The Morgan fingerprint density at radius 2 is 2.21 bits per heavy atom. The predicted octanol–water partition coefficient (Wildman–Crippen LogP) is 2.01. The van der Waals surface area contributed by atoms with Crippen molar-refractivity contribution in [2.75, 3.05) is 0 Å². The largest absolute Gasteiger partial charge is 0.387 e.